The van der Waals surface area contributed by atoms with Gasteiger partial charge in [0, 0.05) is 19.7 Å². The largest absolute Gasteiger partial charge is 0.476 e. The zero-order valence-corrected chi connectivity index (χ0v) is 19.0. The second kappa shape index (κ2) is 8.38. The number of hydrogen-bond donors (Lipinski definition) is 1. The van der Waals surface area contributed by atoms with E-state index in [0.29, 0.717) is 11.2 Å². The number of oxazole rings is 1. The van der Waals surface area contributed by atoms with Crippen molar-refractivity contribution in [2.75, 3.05) is 10.8 Å². The number of rotatable bonds is 5. The molecule has 0 fully saturated rings. The van der Waals surface area contributed by atoms with Gasteiger partial charge in [-0.25, -0.2) is 13.2 Å². The van der Waals surface area contributed by atoms with Crippen LogP contribution in [-0.2, 0) is 28.4 Å². The fraction of sp³-hybridized carbons (Fsp3) is 0.167. The molecule has 0 saturated carbocycles. The molecule has 1 amide bonds. The Morgan fingerprint density at radius 2 is 1.79 bits per heavy atom. The topological polar surface area (TPSA) is 111 Å². The fourth-order valence-corrected chi connectivity index (χ4v) is 5.36. The van der Waals surface area contributed by atoms with Gasteiger partial charge < -0.3 is 14.5 Å². The number of para-hydroxylation sites is 2. The van der Waals surface area contributed by atoms with Crippen molar-refractivity contribution >= 4 is 32.7 Å². The van der Waals surface area contributed by atoms with E-state index in [0.717, 1.165) is 9.87 Å². The van der Waals surface area contributed by atoms with Crippen molar-refractivity contribution in [3.8, 4) is 5.75 Å². The molecule has 1 aromatic heterocycles. The summed E-state index contributed by atoms with van der Waals surface area (Å²) < 4.78 is 40.7. The second-order valence-corrected chi connectivity index (χ2v) is 9.73. The predicted octanol–water partition coefficient (Wildman–Crippen LogP) is 2.40. The van der Waals surface area contributed by atoms with E-state index < -0.39 is 27.8 Å². The highest BCUT2D eigenvalue weighted by molar-refractivity contribution is 7.92. The molecule has 0 aliphatic carbocycles. The van der Waals surface area contributed by atoms with E-state index in [2.05, 4.69) is 5.32 Å². The van der Waals surface area contributed by atoms with Gasteiger partial charge in [0.2, 0.25) is 0 Å². The Hall–Kier alpha value is -4.05. The summed E-state index contributed by atoms with van der Waals surface area (Å²) in [5, 5.41) is 2.81. The molecule has 9 nitrogen and oxygen atoms in total. The van der Waals surface area contributed by atoms with Crippen LogP contribution in [0.15, 0.2) is 86.9 Å². The first-order valence-corrected chi connectivity index (χ1v) is 12.0. The van der Waals surface area contributed by atoms with Crippen LogP contribution in [0.3, 0.4) is 0 Å². The number of nitrogens with zero attached hydrogens (tertiary/aromatic N) is 2. The van der Waals surface area contributed by atoms with Crippen LogP contribution in [0.2, 0.25) is 0 Å². The summed E-state index contributed by atoms with van der Waals surface area (Å²) in [4.78, 5) is 24.7. The number of fused-ring (bicyclic) bond motifs is 2. The molecule has 1 atom stereocenters. The van der Waals surface area contributed by atoms with Gasteiger partial charge in [-0.05, 0) is 29.8 Å². The Balaban J connectivity index is 1.47. The lowest BCUT2D eigenvalue weighted by molar-refractivity contribution is -0.127. The van der Waals surface area contributed by atoms with E-state index in [-0.39, 0.29) is 29.3 Å². The van der Waals surface area contributed by atoms with Gasteiger partial charge in [-0.15, -0.1) is 0 Å². The number of anilines is 1. The average molecular weight is 480 g/mol. The molecule has 3 aromatic carbocycles. The molecule has 1 aliphatic heterocycles. The number of sulfonamides is 1. The number of aromatic nitrogens is 1. The maximum atomic E-state index is 13.6. The Labute approximate surface area is 195 Å². The lowest BCUT2D eigenvalue weighted by atomic mass is 10.2. The maximum Gasteiger partial charge on any atom is 0.419 e. The molecule has 1 N–H and O–H groups in total. The van der Waals surface area contributed by atoms with Crippen molar-refractivity contribution in [3.63, 3.8) is 0 Å². The van der Waals surface area contributed by atoms with Crippen LogP contribution < -0.4 is 20.1 Å². The molecule has 0 bridgehead atoms. The molecule has 0 spiro atoms. The molecule has 1 aliphatic rings. The molecular weight excluding hydrogens is 458 g/mol. The average Bonchev–Trinajstić information content (AvgIpc) is 3.15. The minimum absolute atomic E-state index is 0.0607. The quantitative estimate of drug-likeness (QED) is 0.471. The first-order chi connectivity index (χ1) is 16.3. The normalized spacial score (nSPS) is 15.6. The zero-order chi connectivity index (χ0) is 23.9. The first kappa shape index (κ1) is 21.8. The predicted molar refractivity (Wildman–Crippen MR) is 125 cm³/mol. The Morgan fingerprint density at radius 1 is 1.06 bits per heavy atom. The number of carbonyl (C=O) groups excluding carboxylic acids is 1. The summed E-state index contributed by atoms with van der Waals surface area (Å²) in [6, 6.07) is 20.3. The molecular formula is C24H21N3O6S. The summed E-state index contributed by atoms with van der Waals surface area (Å²) in [5.74, 6) is -0.732. The number of benzene rings is 3. The number of ether oxygens (including phenoxy) is 1. The summed E-state index contributed by atoms with van der Waals surface area (Å²) in [7, 11) is -2.56. The van der Waals surface area contributed by atoms with Gasteiger partial charge in [-0.2, -0.15) is 0 Å². The van der Waals surface area contributed by atoms with Gasteiger partial charge in [-0.3, -0.25) is 13.7 Å². The van der Waals surface area contributed by atoms with Crippen LogP contribution in [0.25, 0.3) is 11.1 Å². The third-order valence-corrected chi connectivity index (χ3v) is 7.46. The van der Waals surface area contributed by atoms with E-state index in [4.69, 9.17) is 9.15 Å². The van der Waals surface area contributed by atoms with Crippen molar-refractivity contribution < 1.29 is 22.4 Å². The zero-order valence-electron chi connectivity index (χ0n) is 18.2. The number of aryl methyl sites for hydroxylation is 1. The maximum absolute atomic E-state index is 13.6. The first-order valence-electron chi connectivity index (χ1n) is 10.5. The summed E-state index contributed by atoms with van der Waals surface area (Å²) >= 11 is 0. The molecule has 5 rings (SSSR count). The van der Waals surface area contributed by atoms with Crippen molar-refractivity contribution in [2.24, 2.45) is 7.05 Å². The van der Waals surface area contributed by atoms with Gasteiger partial charge >= 0.3 is 5.76 Å². The van der Waals surface area contributed by atoms with Gasteiger partial charge in [-0.1, -0.05) is 42.5 Å². The van der Waals surface area contributed by atoms with Crippen LogP contribution >= 0.6 is 0 Å². The highest BCUT2D eigenvalue weighted by atomic mass is 32.2. The van der Waals surface area contributed by atoms with Crippen molar-refractivity contribution in [2.45, 2.75) is 17.5 Å². The monoisotopic (exact) mass is 479 g/mol. The molecule has 10 heteroatoms. The lowest BCUT2D eigenvalue weighted by Crippen LogP contribution is -2.50. The fourth-order valence-electron chi connectivity index (χ4n) is 3.87. The number of carbonyl (C=O) groups is 1. The van der Waals surface area contributed by atoms with E-state index in [1.807, 2.05) is 30.3 Å². The van der Waals surface area contributed by atoms with E-state index in [9.17, 15) is 18.0 Å². The van der Waals surface area contributed by atoms with Crippen molar-refractivity contribution in [1.29, 1.82) is 0 Å². The third kappa shape index (κ3) is 3.81. The van der Waals surface area contributed by atoms with Crippen LogP contribution in [0.5, 0.6) is 5.75 Å². The van der Waals surface area contributed by atoms with Crippen LogP contribution in [-0.4, -0.2) is 31.5 Å². The molecule has 0 radical (unpaired) electrons. The standard InChI is InChI=1S/C24H21N3O6S/c1-26-18-12-11-17(13-21(18)33-24(26)29)34(30,31)27-15-22(32-20-10-6-5-9-19(20)27)23(28)25-14-16-7-3-2-4-8-16/h2-13,22H,14-15H2,1H3,(H,25,28)/t22-/m1/s1. The second-order valence-electron chi connectivity index (χ2n) is 7.87. The van der Waals surface area contributed by atoms with Crippen LogP contribution in [0.1, 0.15) is 5.56 Å². The highest BCUT2D eigenvalue weighted by Crippen LogP contribution is 2.37. The summed E-state index contributed by atoms with van der Waals surface area (Å²) in [6.07, 6.45) is -1.05. The van der Waals surface area contributed by atoms with E-state index >= 15 is 0 Å². The molecule has 34 heavy (non-hydrogen) atoms. The Kier molecular flexibility index (Phi) is 5.37. The van der Waals surface area contributed by atoms with E-state index in [1.165, 1.54) is 22.8 Å². The molecule has 2 heterocycles. The van der Waals surface area contributed by atoms with Crippen molar-refractivity contribution in [3.05, 3.63) is 88.9 Å². The third-order valence-electron chi connectivity index (χ3n) is 5.69. The molecule has 4 aromatic rings. The number of nitrogens with one attached hydrogen (secondary N) is 1. The summed E-state index contributed by atoms with van der Waals surface area (Å²) in [6.45, 7) is 0.0778. The van der Waals surface area contributed by atoms with Gasteiger partial charge in [0.25, 0.3) is 15.9 Å². The Morgan fingerprint density at radius 3 is 2.59 bits per heavy atom. The number of hydrogen-bond acceptors (Lipinski definition) is 6. The smallest absolute Gasteiger partial charge is 0.419 e. The number of amides is 1. The van der Waals surface area contributed by atoms with Gasteiger partial charge in [0.15, 0.2) is 11.7 Å². The van der Waals surface area contributed by atoms with Gasteiger partial charge in [0.05, 0.1) is 22.6 Å². The lowest BCUT2D eigenvalue weighted by Gasteiger charge is -2.34. The summed E-state index contributed by atoms with van der Waals surface area (Å²) in [5.41, 5.74) is 1.87. The van der Waals surface area contributed by atoms with Gasteiger partial charge in [0.1, 0.15) is 5.75 Å². The minimum Gasteiger partial charge on any atom is -0.476 e. The Bertz CT molecular complexity index is 1540. The van der Waals surface area contributed by atoms with E-state index in [1.54, 1.807) is 31.3 Å². The minimum atomic E-state index is -4.10. The van der Waals surface area contributed by atoms with Crippen LogP contribution in [0, 0.1) is 0 Å². The van der Waals surface area contributed by atoms with Crippen molar-refractivity contribution in [1.82, 2.24) is 9.88 Å². The highest BCUT2D eigenvalue weighted by Gasteiger charge is 2.37. The van der Waals surface area contributed by atoms with Crippen LogP contribution in [0.4, 0.5) is 5.69 Å². The molecule has 0 unspecified atom stereocenters. The molecule has 174 valence electrons. The molecule has 0 saturated heterocycles. The SMILES string of the molecule is Cn1c(=O)oc2cc(S(=O)(=O)N3C[C@H](C(=O)NCc4ccccc4)Oc4ccccc43)ccc21.